The molecule has 0 amide bonds. The molecule has 2 rings (SSSR count). The molecule has 1 N–H and O–H groups in total. The molecule has 0 fully saturated rings. The second-order valence-electron chi connectivity index (χ2n) is 4.22. The summed E-state index contributed by atoms with van der Waals surface area (Å²) in [6.45, 7) is 7.19. The first kappa shape index (κ1) is 13.5. The number of rotatable bonds is 6. The van der Waals surface area contributed by atoms with E-state index in [-0.39, 0.29) is 5.75 Å². The fourth-order valence-electron chi connectivity index (χ4n) is 1.82. The van der Waals surface area contributed by atoms with Gasteiger partial charge in [0.05, 0.1) is 11.8 Å². The molecular formula is C13H18N4O2. The molecule has 6 heteroatoms. The van der Waals surface area contributed by atoms with Crippen LogP contribution >= 0.6 is 0 Å². The van der Waals surface area contributed by atoms with Gasteiger partial charge in [-0.1, -0.05) is 19.0 Å². The molecule has 102 valence electrons. The van der Waals surface area contributed by atoms with Crippen LogP contribution in [0.2, 0.25) is 0 Å². The molecular weight excluding hydrogens is 244 g/mol. The summed E-state index contributed by atoms with van der Waals surface area (Å²) in [5, 5.41) is 13.3. The summed E-state index contributed by atoms with van der Waals surface area (Å²) in [4.78, 5) is 10.5. The first-order valence-corrected chi connectivity index (χ1v) is 6.42. The Kier molecular flexibility index (Phi) is 4.46. The maximum absolute atomic E-state index is 9.36. The Morgan fingerprint density at radius 3 is 2.74 bits per heavy atom. The van der Waals surface area contributed by atoms with Crippen LogP contribution in [0.25, 0.3) is 11.5 Å². The van der Waals surface area contributed by atoms with E-state index in [9.17, 15) is 5.11 Å². The molecule has 0 atom stereocenters. The Hall–Kier alpha value is -1.95. The largest absolute Gasteiger partial charge is 0.506 e. The van der Waals surface area contributed by atoms with Gasteiger partial charge in [0.15, 0.2) is 5.82 Å². The molecule has 0 radical (unpaired) electrons. The first-order chi connectivity index (χ1) is 9.22. The predicted molar refractivity (Wildman–Crippen MR) is 70.7 cm³/mol. The van der Waals surface area contributed by atoms with E-state index in [1.54, 1.807) is 12.3 Å². The molecule has 0 aliphatic carbocycles. The van der Waals surface area contributed by atoms with Crippen LogP contribution in [0, 0.1) is 0 Å². The molecule has 0 aromatic carbocycles. The summed E-state index contributed by atoms with van der Waals surface area (Å²) in [7, 11) is 0. The zero-order chi connectivity index (χ0) is 13.7. The minimum Gasteiger partial charge on any atom is -0.506 e. The average molecular weight is 262 g/mol. The fraction of sp³-hybridized carbons (Fsp3) is 0.462. The summed E-state index contributed by atoms with van der Waals surface area (Å²) < 4.78 is 5.17. The highest BCUT2D eigenvalue weighted by Gasteiger charge is 2.10. The molecule has 6 nitrogen and oxygen atoms in total. The van der Waals surface area contributed by atoms with E-state index >= 15 is 0 Å². The molecule has 0 saturated carbocycles. The molecule has 2 heterocycles. The lowest BCUT2D eigenvalue weighted by molar-refractivity contribution is 0.303. The van der Waals surface area contributed by atoms with Gasteiger partial charge in [-0.3, -0.25) is 4.98 Å². The van der Waals surface area contributed by atoms with Crippen molar-refractivity contribution >= 4 is 0 Å². The smallest absolute Gasteiger partial charge is 0.259 e. The van der Waals surface area contributed by atoms with Crippen LogP contribution in [0.4, 0.5) is 0 Å². The quantitative estimate of drug-likeness (QED) is 0.854. The Bertz CT molecular complexity index is 523. The van der Waals surface area contributed by atoms with E-state index in [1.807, 2.05) is 0 Å². The number of hydrogen-bond donors (Lipinski definition) is 1. The topological polar surface area (TPSA) is 75.3 Å². The molecule has 0 saturated heterocycles. The van der Waals surface area contributed by atoms with Crippen LogP contribution in [-0.2, 0) is 6.42 Å². The van der Waals surface area contributed by atoms with Gasteiger partial charge in [-0.25, -0.2) is 0 Å². The Labute approximate surface area is 112 Å². The highest BCUT2D eigenvalue weighted by molar-refractivity contribution is 5.53. The van der Waals surface area contributed by atoms with Crippen molar-refractivity contribution < 1.29 is 9.63 Å². The second-order valence-corrected chi connectivity index (χ2v) is 4.22. The molecule has 0 spiro atoms. The maximum atomic E-state index is 9.36. The highest BCUT2D eigenvalue weighted by atomic mass is 16.5. The fourth-order valence-corrected chi connectivity index (χ4v) is 1.82. The Balaban J connectivity index is 2.03. The number of nitrogens with zero attached hydrogens (tertiary/aromatic N) is 4. The monoisotopic (exact) mass is 262 g/mol. The molecule has 0 aliphatic heterocycles. The number of aromatic nitrogens is 3. The average Bonchev–Trinajstić information content (AvgIpc) is 2.89. The third kappa shape index (κ3) is 3.51. The highest BCUT2D eigenvalue weighted by Crippen LogP contribution is 2.19. The lowest BCUT2D eigenvalue weighted by atomic mass is 10.3. The molecule has 2 aromatic heterocycles. The first-order valence-electron chi connectivity index (χ1n) is 6.42. The zero-order valence-electron chi connectivity index (χ0n) is 11.2. The number of hydrogen-bond acceptors (Lipinski definition) is 6. The second kappa shape index (κ2) is 6.29. The van der Waals surface area contributed by atoms with Gasteiger partial charge in [0.2, 0.25) is 0 Å². The van der Waals surface area contributed by atoms with Crippen molar-refractivity contribution in [3.8, 4) is 17.2 Å². The van der Waals surface area contributed by atoms with Crippen molar-refractivity contribution in [1.29, 1.82) is 0 Å². The van der Waals surface area contributed by atoms with Crippen molar-refractivity contribution in [2.75, 3.05) is 19.6 Å². The van der Waals surface area contributed by atoms with Gasteiger partial charge in [-0.05, 0) is 19.2 Å². The molecule has 19 heavy (non-hydrogen) atoms. The van der Waals surface area contributed by atoms with E-state index in [0.29, 0.717) is 17.3 Å². The van der Waals surface area contributed by atoms with Crippen LogP contribution < -0.4 is 0 Å². The van der Waals surface area contributed by atoms with E-state index < -0.39 is 0 Å². The number of likely N-dealkylation sites (N-methyl/N-ethyl adjacent to an activating group) is 1. The van der Waals surface area contributed by atoms with Crippen molar-refractivity contribution in [1.82, 2.24) is 20.0 Å². The third-order valence-corrected chi connectivity index (χ3v) is 2.98. The molecule has 0 bridgehead atoms. The Morgan fingerprint density at radius 1 is 1.26 bits per heavy atom. The lowest BCUT2D eigenvalue weighted by Crippen LogP contribution is -2.25. The van der Waals surface area contributed by atoms with Gasteiger partial charge in [-0.2, -0.15) is 4.98 Å². The van der Waals surface area contributed by atoms with Crippen LogP contribution in [0.3, 0.4) is 0 Å². The summed E-state index contributed by atoms with van der Waals surface area (Å²) in [5.74, 6) is 1.14. The lowest BCUT2D eigenvalue weighted by Gasteiger charge is -2.16. The minimum absolute atomic E-state index is 0.0837. The van der Waals surface area contributed by atoms with E-state index in [1.165, 1.54) is 6.20 Å². The summed E-state index contributed by atoms with van der Waals surface area (Å²) >= 11 is 0. The number of aromatic hydroxyl groups is 1. The van der Waals surface area contributed by atoms with E-state index in [2.05, 4.69) is 33.9 Å². The van der Waals surface area contributed by atoms with Crippen molar-refractivity contribution in [2.45, 2.75) is 20.3 Å². The van der Waals surface area contributed by atoms with E-state index in [0.717, 1.165) is 26.1 Å². The van der Waals surface area contributed by atoms with Crippen LogP contribution in [0.1, 0.15) is 19.7 Å². The third-order valence-electron chi connectivity index (χ3n) is 2.98. The van der Waals surface area contributed by atoms with Crippen LogP contribution in [0.5, 0.6) is 5.75 Å². The Morgan fingerprint density at radius 2 is 2.05 bits per heavy atom. The van der Waals surface area contributed by atoms with Gasteiger partial charge < -0.3 is 14.5 Å². The number of pyridine rings is 1. The zero-order valence-corrected chi connectivity index (χ0v) is 11.2. The summed E-state index contributed by atoms with van der Waals surface area (Å²) in [5.41, 5.74) is 0.626. The van der Waals surface area contributed by atoms with Gasteiger partial charge >= 0.3 is 0 Å². The normalized spacial score (nSPS) is 11.1. The van der Waals surface area contributed by atoms with Gasteiger partial charge in [-0.15, -0.1) is 0 Å². The SMILES string of the molecule is CCN(CC)CCc1noc(-c2cncc(O)c2)n1. The van der Waals surface area contributed by atoms with Crippen molar-refractivity contribution in [3.63, 3.8) is 0 Å². The van der Waals surface area contributed by atoms with Gasteiger partial charge in [0.25, 0.3) is 5.89 Å². The van der Waals surface area contributed by atoms with Crippen LogP contribution in [-0.4, -0.2) is 44.8 Å². The van der Waals surface area contributed by atoms with Gasteiger partial charge in [0, 0.05) is 19.2 Å². The van der Waals surface area contributed by atoms with E-state index in [4.69, 9.17) is 4.52 Å². The van der Waals surface area contributed by atoms with Crippen LogP contribution in [0.15, 0.2) is 23.0 Å². The summed E-state index contributed by atoms with van der Waals surface area (Å²) in [6.07, 6.45) is 3.69. The molecule has 0 unspecified atom stereocenters. The summed E-state index contributed by atoms with van der Waals surface area (Å²) in [6, 6.07) is 1.55. The van der Waals surface area contributed by atoms with Crippen molar-refractivity contribution in [2.24, 2.45) is 0 Å². The van der Waals surface area contributed by atoms with Gasteiger partial charge in [0.1, 0.15) is 5.75 Å². The molecule has 0 aliphatic rings. The molecule has 2 aromatic rings. The van der Waals surface area contributed by atoms with Crippen molar-refractivity contribution in [3.05, 3.63) is 24.3 Å². The minimum atomic E-state index is 0.0837. The standard InChI is InChI=1S/C13H18N4O2/c1-3-17(4-2)6-5-12-15-13(19-16-12)10-7-11(18)9-14-8-10/h7-9,18H,3-6H2,1-2H3. The predicted octanol–water partition coefficient (Wildman–Crippen LogP) is 1.72. The maximum Gasteiger partial charge on any atom is 0.259 e.